The number of thioether (sulfide) groups is 1. The van der Waals surface area contributed by atoms with Crippen molar-refractivity contribution in [3.05, 3.63) is 101 Å². The highest BCUT2D eigenvalue weighted by Crippen LogP contribution is 2.37. The molecule has 164 valence electrons. The number of nitrogens with zero attached hydrogens (tertiary/aromatic N) is 2. The van der Waals surface area contributed by atoms with Crippen molar-refractivity contribution in [2.45, 2.75) is 6.54 Å². The average molecular weight is 475 g/mol. The number of methoxy groups -OCH3 is 1. The summed E-state index contributed by atoms with van der Waals surface area (Å²) in [5.41, 5.74) is 3.16. The second-order valence-corrected chi connectivity index (χ2v) is 9.21. The first-order chi connectivity index (χ1) is 16.0. The molecule has 1 aromatic heterocycles. The minimum atomic E-state index is -0.239. The number of thiocarbonyl (C=S) groups is 1. The van der Waals surface area contributed by atoms with Gasteiger partial charge in [-0.15, -0.1) is 0 Å². The van der Waals surface area contributed by atoms with E-state index in [-0.39, 0.29) is 11.7 Å². The van der Waals surface area contributed by atoms with E-state index in [1.165, 1.54) is 22.7 Å². The number of fused-ring (bicyclic) bond motifs is 1. The molecule has 0 atom stereocenters. The lowest BCUT2D eigenvalue weighted by Gasteiger charge is -2.14. The highest BCUT2D eigenvalue weighted by atomic mass is 32.2. The molecule has 5 rings (SSSR count). The maximum absolute atomic E-state index is 14.3. The summed E-state index contributed by atoms with van der Waals surface area (Å²) in [4.78, 5) is 15.3. The molecule has 4 aromatic rings. The van der Waals surface area contributed by atoms with Crippen LogP contribution in [0, 0.1) is 5.82 Å². The Labute approximate surface area is 200 Å². The van der Waals surface area contributed by atoms with Crippen molar-refractivity contribution in [3.8, 4) is 5.75 Å². The standard InChI is InChI=1S/C26H19FN2O2S2/c1-31-20-12-10-19(11-13-20)29-25(30)24(33-26(29)32)14-18-16-28(23-9-5-3-7-21(18)23)15-17-6-2-4-8-22(17)27/h2-14,16H,15H2,1H3. The smallest absolute Gasteiger partial charge is 0.270 e. The van der Waals surface area contributed by atoms with Crippen LogP contribution in [0.2, 0.25) is 0 Å². The molecular weight excluding hydrogens is 455 g/mol. The number of hydrogen-bond acceptors (Lipinski definition) is 4. The normalized spacial score (nSPS) is 15.1. The summed E-state index contributed by atoms with van der Waals surface area (Å²) in [5.74, 6) is 0.306. The van der Waals surface area contributed by atoms with E-state index in [1.54, 1.807) is 31.4 Å². The van der Waals surface area contributed by atoms with Gasteiger partial charge in [-0.3, -0.25) is 9.69 Å². The van der Waals surface area contributed by atoms with E-state index in [0.29, 0.717) is 32.8 Å². The zero-order valence-corrected chi connectivity index (χ0v) is 19.3. The number of para-hydroxylation sites is 1. The molecule has 2 heterocycles. The molecule has 0 N–H and O–H groups in total. The number of halogens is 1. The Balaban J connectivity index is 1.51. The van der Waals surface area contributed by atoms with Crippen molar-refractivity contribution in [1.82, 2.24) is 4.57 Å². The minimum Gasteiger partial charge on any atom is -0.497 e. The third kappa shape index (κ3) is 4.05. The van der Waals surface area contributed by atoms with Gasteiger partial charge in [0.15, 0.2) is 4.32 Å². The molecule has 0 radical (unpaired) electrons. The third-order valence-corrected chi connectivity index (χ3v) is 6.83. The lowest BCUT2D eigenvalue weighted by Crippen LogP contribution is -2.27. The first-order valence-corrected chi connectivity index (χ1v) is 11.5. The van der Waals surface area contributed by atoms with Crippen LogP contribution in [0.4, 0.5) is 10.1 Å². The largest absolute Gasteiger partial charge is 0.497 e. The maximum atomic E-state index is 14.3. The van der Waals surface area contributed by atoms with Crippen LogP contribution in [0.5, 0.6) is 5.75 Å². The van der Waals surface area contributed by atoms with E-state index in [1.807, 2.05) is 59.3 Å². The number of rotatable bonds is 5. The predicted octanol–water partition coefficient (Wildman–Crippen LogP) is 6.24. The highest BCUT2D eigenvalue weighted by Gasteiger charge is 2.33. The number of anilines is 1. The number of hydrogen-bond donors (Lipinski definition) is 0. The van der Waals surface area contributed by atoms with Gasteiger partial charge < -0.3 is 9.30 Å². The summed E-state index contributed by atoms with van der Waals surface area (Å²) in [6, 6.07) is 21.9. The Morgan fingerprint density at radius 3 is 2.52 bits per heavy atom. The van der Waals surface area contributed by atoms with Gasteiger partial charge in [0.25, 0.3) is 5.91 Å². The molecule has 0 spiro atoms. The van der Waals surface area contributed by atoms with Crippen LogP contribution in [0.1, 0.15) is 11.1 Å². The zero-order valence-electron chi connectivity index (χ0n) is 17.7. The Morgan fingerprint density at radius 1 is 1.03 bits per heavy atom. The summed E-state index contributed by atoms with van der Waals surface area (Å²) in [6.45, 7) is 0.397. The third-order valence-electron chi connectivity index (χ3n) is 5.53. The molecule has 0 saturated carbocycles. The molecule has 0 aliphatic carbocycles. The fraction of sp³-hybridized carbons (Fsp3) is 0.0769. The summed E-state index contributed by atoms with van der Waals surface area (Å²) in [6.07, 6.45) is 3.82. The molecular formula is C26H19FN2O2S2. The fourth-order valence-electron chi connectivity index (χ4n) is 3.89. The van der Waals surface area contributed by atoms with E-state index in [9.17, 15) is 9.18 Å². The van der Waals surface area contributed by atoms with Crippen LogP contribution in [-0.4, -0.2) is 21.9 Å². The molecule has 1 aliphatic heterocycles. The van der Waals surface area contributed by atoms with Crippen LogP contribution in [0.3, 0.4) is 0 Å². The van der Waals surface area contributed by atoms with Crippen LogP contribution in [-0.2, 0) is 11.3 Å². The molecule has 1 amide bonds. The highest BCUT2D eigenvalue weighted by molar-refractivity contribution is 8.27. The van der Waals surface area contributed by atoms with Gasteiger partial charge in [0.1, 0.15) is 11.6 Å². The van der Waals surface area contributed by atoms with Gasteiger partial charge in [0, 0.05) is 28.2 Å². The molecule has 33 heavy (non-hydrogen) atoms. The lowest BCUT2D eigenvalue weighted by atomic mass is 10.1. The van der Waals surface area contributed by atoms with Crippen LogP contribution < -0.4 is 9.64 Å². The molecule has 1 saturated heterocycles. The second-order valence-electron chi connectivity index (χ2n) is 7.54. The monoisotopic (exact) mass is 474 g/mol. The second kappa shape index (κ2) is 8.84. The Bertz CT molecular complexity index is 1410. The van der Waals surface area contributed by atoms with Crippen molar-refractivity contribution in [2.75, 3.05) is 12.0 Å². The SMILES string of the molecule is COc1ccc(N2C(=O)C(=Cc3cn(Cc4ccccc4F)c4ccccc34)SC2=S)cc1. The molecule has 0 bridgehead atoms. The minimum absolute atomic E-state index is 0.166. The van der Waals surface area contributed by atoms with Gasteiger partial charge >= 0.3 is 0 Å². The van der Waals surface area contributed by atoms with E-state index in [2.05, 4.69) is 0 Å². The van der Waals surface area contributed by atoms with E-state index in [4.69, 9.17) is 17.0 Å². The Morgan fingerprint density at radius 2 is 1.76 bits per heavy atom. The van der Waals surface area contributed by atoms with Crippen LogP contribution in [0.25, 0.3) is 17.0 Å². The fourth-order valence-corrected chi connectivity index (χ4v) is 5.18. The topological polar surface area (TPSA) is 34.5 Å². The quantitative estimate of drug-likeness (QED) is 0.253. The summed E-state index contributed by atoms with van der Waals surface area (Å²) in [5, 5.41) is 0.989. The molecule has 4 nitrogen and oxygen atoms in total. The summed E-state index contributed by atoms with van der Waals surface area (Å²) < 4.78 is 21.9. The van der Waals surface area contributed by atoms with Crippen molar-refractivity contribution < 1.29 is 13.9 Å². The van der Waals surface area contributed by atoms with Gasteiger partial charge in [-0.05, 0) is 42.5 Å². The number of carbonyl (C=O) groups is 1. The Kier molecular flexibility index (Phi) is 5.74. The number of aromatic nitrogens is 1. The van der Waals surface area contributed by atoms with Crippen LogP contribution >= 0.6 is 24.0 Å². The van der Waals surface area contributed by atoms with Gasteiger partial charge in [0.2, 0.25) is 0 Å². The number of carbonyl (C=O) groups excluding carboxylic acids is 1. The van der Waals surface area contributed by atoms with Crippen molar-refractivity contribution in [2.24, 2.45) is 0 Å². The van der Waals surface area contributed by atoms with Crippen LogP contribution in [0.15, 0.2) is 83.9 Å². The zero-order chi connectivity index (χ0) is 22.9. The number of amides is 1. The number of benzene rings is 3. The predicted molar refractivity (Wildman–Crippen MR) is 136 cm³/mol. The first-order valence-electron chi connectivity index (χ1n) is 10.3. The molecule has 3 aromatic carbocycles. The van der Waals surface area contributed by atoms with Gasteiger partial charge in [-0.25, -0.2) is 4.39 Å². The molecule has 7 heteroatoms. The average Bonchev–Trinajstić information content (AvgIpc) is 3.32. The molecule has 1 aliphatic rings. The van der Waals surface area contributed by atoms with Crippen molar-refractivity contribution in [1.29, 1.82) is 0 Å². The van der Waals surface area contributed by atoms with E-state index >= 15 is 0 Å². The molecule has 1 fully saturated rings. The summed E-state index contributed by atoms with van der Waals surface area (Å²) in [7, 11) is 1.60. The van der Waals surface area contributed by atoms with Gasteiger partial charge in [0.05, 0.1) is 24.2 Å². The van der Waals surface area contributed by atoms with E-state index < -0.39 is 0 Å². The van der Waals surface area contributed by atoms with Gasteiger partial charge in [-0.1, -0.05) is 60.4 Å². The van der Waals surface area contributed by atoms with Gasteiger partial charge in [-0.2, -0.15) is 0 Å². The lowest BCUT2D eigenvalue weighted by molar-refractivity contribution is -0.113. The first kappa shape index (κ1) is 21.4. The van der Waals surface area contributed by atoms with Crippen molar-refractivity contribution >= 4 is 56.9 Å². The molecule has 0 unspecified atom stereocenters. The Hall–Kier alpha value is -3.42. The summed E-state index contributed by atoms with van der Waals surface area (Å²) >= 11 is 6.78. The van der Waals surface area contributed by atoms with E-state index in [0.717, 1.165) is 16.5 Å². The van der Waals surface area contributed by atoms with Crippen molar-refractivity contribution in [3.63, 3.8) is 0 Å². The maximum Gasteiger partial charge on any atom is 0.270 e. The number of ether oxygens (including phenoxy) is 1.